The molecule has 0 saturated carbocycles. The maximum Gasteiger partial charge on any atom is 0.291 e. The summed E-state index contributed by atoms with van der Waals surface area (Å²) >= 11 is 0. The summed E-state index contributed by atoms with van der Waals surface area (Å²) in [7, 11) is 3.43. The number of hydrogen-bond acceptors (Lipinski definition) is 6. The van der Waals surface area contributed by atoms with Crippen molar-refractivity contribution in [1.82, 2.24) is 20.2 Å². The van der Waals surface area contributed by atoms with Gasteiger partial charge in [-0.05, 0) is 39.3 Å². The Labute approximate surface area is 154 Å². The number of furan rings is 1. The standard InChI is InChI=1S/C19H27N5O2/c1-12-6-7-16(26-12)10-20-15-8-9-24(11-15)18-13(2)14(3)21-17(22-18)19(25)23(4)5/h6-7,15,20H,8-11H2,1-5H3/t15-/m1/s1. The van der Waals surface area contributed by atoms with Gasteiger partial charge in [-0.1, -0.05) is 0 Å². The Morgan fingerprint density at radius 1 is 1.31 bits per heavy atom. The minimum Gasteiger partial charge on any atom is -0.465 e. The van der Waals surface area contributed by atoms with E-state index in [1.54, 1.807) is 14.1 Å². The Morgan fingerprint density at radius 2 is 2.08 bits per heavy atom. The van der Waals surface area contributed by atoms with E-state index in [0.717, 1.165) is 54.7 Å². The van der Waals surface area contributed by atoms with E-state index in [9.17, 15) is 4.79 Å². The third-order valence-electron chi connectivity index (χ3n) is 4.81. The molecule has 0 aromatic carbocycles. The second-order valence-electron chi connectivity index (χ2n) is 7.11. The van der Waals surface area contributed by atoms with E-state index >= 15 is 0 Å². The fraction of sp³-hybridized carbons (Fsp3) is 0.526. The summed E-state index contributed by atoms with van der Waals surface area (Å²) < 4.78 is 5.62. The van der Waals surface area contributed by atoms with Gasteiger partial charge in [-0.2, -0.15) is 0 Å². The number of nitrogens with one attached hydrogen (secondary N) is 1. The molecule has 1 aliphatic heterocycles. The van der Waals surface area contributed by atoms with Crippen molar-refractivity contribution in [2.24, 2.45) is 0 Å². The highest BCUT2D eigenvalue weighted by Crippen LogP contribution is 2.24. The van der Waals surface area contributed by atoms with Crippen molar-refractivity contribution in [3.05, 3.63) is 40.7 Å². The zero-order valence-corrected chi connectivity index (χ0v) is 16.2. The van der Waals surface area contributed by atoms with Crippen molar-refractivity contribution in [3.8, 4) is 0 Å². The number of aryl methyl sites for hydroxylation is 2. The molecule has 3 rings (SSSR count). The molecule has 1 N–H and O–H groups in total. The smallest absolute Gasteiger partial charge is 0.291 e. The molecule has 1 fully saturated rings. The predicted octanol–water partition coefficient (Wildman–Crippen LogP) is 2.07. The average molecular weight is 357 g/mol. The lowest BCUT2D eigenvalue weighted by Gasteiger charge is -2.22. The maximum absolute atomic E-state index is 12.3. The number of carbonyl (C=O) groups is 1. The number of amides is 1. The molecular formula is C19H27N5O2. The third-order valence-corrected chi connectivity index (χ3v) is 4.81. The summed E-state index contributed by atoms with van der Waals surface area (Å²) in [5.74, 6) is 2.83. The van der Waals surface area contributed by atoms with Crippen LogP contribution in [0.15, 0.2) is 16.5 Å². The summed E-state index contributed by atoms with van der Waals surface area (Å²) in [5.41, 5.74) is 1.88. The van der Waals surface area contributed by atoms with Gasteiger partial charge in [0, 0.05) is 44.5 Å². The van der Waals surface area contributed by atoms with Gasteiger partial charge in [0.15, 0.2) is 0 Å². The fourth-order valence-corrected chi connectivity index (χ4v) is 3.16. The molecule has 7 nitrogen and oxygen atoms in total. The van der Waals surface area contributed by atoms with Crippen LogP contribution < -0.4 is 10.2 Å². The summed E-state index contributed by atoms with van der Waals surface area (Å²) in [4.78, 5) is 24.9. The predicted molar refractivity (Wildman–Crippen MR) is 100 cm³/mol. The molecule has 26 heavy (non-hydrogen) atoms. The number of aromatic nitrogens is 2. The van der Waals surface area contributed by atoms with Gasteiger partial charge in [-0.3, -0.25) is 4.79 Å². The van der Waals surface area contributed by atoms with E-state index < -0.39 is 0 Å². The molecule has 3 heterocycles. The van der Waals surface area contributed by atoms with Crippen LogP contribution in [0, 0.1) is 20.8 Å². The molecule has 2 aromatic rings. The van der Waals surface area contributed by atoms with Crippen LogP contribution in [0.5, 0.6) is 0 Å². The van der Waals surface area contributed by atoms with Gasteiger partial charge in [-0.15, -0.1) is 0 Å². The average Bonchev–Trinajstić information content (AvgIpc) is 3.23. The summed E-state index contributed by atoms with van der Waals surface area (Å²) in [6.07, 6.45) is 1.03. The van der Waals surface area contributed by atoms with Crippen LogP contribution in [0.1, 0.15) is 39.8 Å². The Kier molecular flexibility index (Phi) is 5.27. The van der Waals surface area contributed by atoms with Crippen molar-refractivity contribution in [2.45, 2.75) is 39.8 Å². The van der Waals surface area contributed by atoms with Crippen LogP contribution in [0.2, 0.25) is 0 Å². The molecule has 1 atom stereocenters. The first-order chi connectivity index (χ1) is 12.3. The molecule has 0 unspecified atom stereocenters. The van der Waals surface area contributed by atoms with Crippen molar-refractivity contribution in [1.29, 1.82) is 0 Å². The molecule has 0 spiro atoms. The Bertz CT molecular complexity index is 799. The first kappa shape index (κ1) is 18.4. The van der Waals surface area contributed by atoms with Gasteiger partial charge in [0.2, 0.25) is 5.82 Å². The van der Waals surface area contributed by atoms with Crippen LogP contribution in [0.25, 0.3) is 0 Å². The Balaban J connectivity index is 1.70. The van der Waals surface area contributed by atoms with Gasteiger partial charge >= 0.3 is 0 Å². The number of carbonyl (C=O) groups excluding carboxylic acids is 1. The minimum absolute atomic E-state index is 0.170. The maximum atomic E-state index is 12.3. The zero-order valence-electron chi connectivity index (χ0n) is 16.2. The van der Waals surface area contributed by atoms with Gasteiger partial charge in [0.1, 0.15) is 17.3 Å². The third kappa shape index (κ3) is 3.88. The fourth-order valence-electron chi connectivity index (χ4n) is 3.16. The van der Waals surface area contributed by atoms with E-state index in [-0.39, 0.29) is 11.7 Å². The van der Waals surface area contributed by atoms with E-state index in [1.807, 2.05) is 32.9 Å². The van der Waals surface area contributed by atoms with Crippen LogP contribution in [-0.2, 0) is 6.54 Å². The zero-order chi connectivity index (χ0) is 18.8. The highest BCUT2D eigenvalue weighted by atomic mass is 16.3. The quantitative estimate of drug-likeness (QED) is 0.883. The minimum atomic E-state index is -0.170. The molecule has 1 amide bonds. The lowest BCUT2D eigenvalue weighted by Crippen LogP contribution is -2.33. The highest BCUT2D eigenvalue weighted by Gasteiger charge is 2.26. The molecule has 0 aliphatic carbocycles. The number of nitrogens with zero attached hydrogens (tertiary/aromatic N) is 4. The van der Waals surface area contributed by atoms with Crippen molar-refractivity contribution < 1.29 is 9.21 Å². The number of anilines is 1. The monoisotopic (exact) mass is 357 g/mol. The largest absolute Gasteiger partial charge is 0.465 e. The first-order valence-corrected chi connectivity index (χ1v) is 8.95. The van der Waals surface area contributed by atoms with Gasteiger partial charge in [0.25, 0.3) is 5.91 Å². The summed E-state index contributed by atoms with van der Waals surface area (Å²) in [6.45, 7) is 8.37. The van der Waals surface area contributed by atoms with E-state index in [4.69, 9.17) is 4.42 Å². The van der Waals surface area contributed by atoms with Gasteiger partial charge in [0.05, 0.1) is 6.54 Å². The van der Waals surface area contributed by atoms with Crippen LogP contribution >= 0.6 is 0 Å². The lowest BCUT2D eigenvalue weighted by atomic mass is 10.2. The summed E-state index contributed by atoms with van der Waals surface area (Å²) in [5, 5.41) is 3.55. The molecule has 0 bridgehead atoms. The lowest BCUT2D eigenvalue weighted by molar-refractivity contribution is 0.0815. The molecular weight excluding hydrogens is 330 g/mol. The SMILES string of the molecule is Cc1ccc(CN[C@@H]2CCN(c3nc(C(=O)N(C)C)nc(C)c3C)C2)o1. The molecule has 1 aliphatic rings. The first-order valence-electron chi connectivity index (χ1n) is 8.95. The normalized spacial score (nSPS) is 17.0. The van der Waals surface area contributed by atoms with Gasteiger partial charge in [-0.25, -0.2) is 9.97 Å². The van der Waals surface area contributed by atoms with Crippen molar-refractivity contribution in [3.63, 3.8) is 0 Å². The Morgan fingerprint density at radius 3 is 2.73 bits per heavy atom. The highest BCUT2D eigenvalue weighted by molar-refractivity contribution is 5.90. The molecule has 0 radical (unpaired) electrons. The summed E-state index contributed by atoms with van der Waals surface area (Å²) in [6, 6.07) is 4.35. The van der Waals surface area contributed by atoms with E-state index in [2.05, 4.69) is 20.2 Å². The van der Waals surface area contributed by atoms with E-state index in [1.165, 1.54) is 4.90 Å². The molecule has 7 heteroatoms. The second-order valence-corrected chi connectivity index (χ2v) is 7.11. The van der Waals surface area contributed by atoms with E-state index in [0.29, 0.717) is 6.04 Å². The van der Waals surface area contributed by atoms with Crippen molar-refractivity contribution >= 4 is 11.7 Å². The number of hydrogen-bond donors (Lipinski definition) is 1. The van der Waals surface area contributed by atoms with Gasteiger partial charge < -0.3 is 19.5 Å². The second kappa shape index (κ2) is 7.45. The molecule has 2 aromatic heterocycles. The van der Waals surface area contributed by atoms with Crippen LogP contribution in [0.3, 0.4) is 0 Å². The Hall–Kier alpha value is -2.41. The van der Waals surface area contributed by atoms with Crippen LogP contribution in [0.4, 0.5) is 5.82 Å². The van der Waals surface area contributed by atoms with Crippen molar-refractivity contribution in [2.75, 3.05) is 32.1 Å². The number of rotatable bonds is 5. The van der Waals surface area contributed by atoms with Crippen LogP contribution in [-0.4, -0.2) is 54.0 Å². The topological polar surface area (TPSA) is 74.5 Å². The molecule has 1 saturated heterocycles. The molecule has 140 valence electrons.